The van der Waals surface area contributed by atoms with Crippen LogP contribution in [0.4, 0.5) is 4.39 Å². The third-order valence-electron chi connectivity index (χ3n) is 4.65. The first-order chi connectivity index (χ1) is 14.0. The number of halogens is 1. The van der Waals surface area contributed by atoms with Gasteiger partial charge in [0.05, 0.1) is 4.90 Å². The first kappa shape index (κ1) is 19.4. The summed E-state index contributed by atoms with van der Waals surface area (Å²) in [7, 11) is -3.96. The largest absolute Gasteiger partial charge is 0.490 e. The molecule has 4 rings (SSSR count). The second-order valence-corrected chi connectivity index (χ2v) is 8.39. The zero-order valence-electron chi connectivity index (χ0n) is 15.8. The minimum absolute atomic E-state index is 0.139. The molecule has 0 aliphatic rings. The van der Waals surface area contributed by atoms with Crippen molar-refractivity contribution in [1.29, 1.82) is 0 Å². The Morgan fingerprint density at radius 2 is 1.90 bits per heavy atom. The third-order valence-corrected chi connectivity index (χ3v) is 6.43. The molecule has 0 bridgehead atoms. The number of aromatic nitrogens is 2. The minimum Gasteiger partial charge on any atom is -0.490 e. The summed E-state index contributed by atoms with van der Waals surface area (Å²) >= 11 is 0. The van der Waals surface area contributed by atoms with Crippen molar-refractivity contribution in [2.45, 2.75) is 16.8 Å². The highest BCUT2D eigenvalue weighted by Crippen LogP contribution is 2.34. The maximum absolute atomic E-state index is 14.2. The van der Waals surface area contributed by atoms with Crippen LogP contribution in [0.2, 0.25) is 0 Å². The number of sulfone groups is 1. The van der Waals surface area contributed by atoms with E-state index >= 15 is 0 Å². The number of rotatable bonds is 7. The Balaban J connectivity index is 1.82. The van der Waals surface area contributed by atoms with Gasteiger partial charge in [-0.25, -0.2) is 12.8 Å². The molecule has 6 nitrogen and oxygen atoms in total. The Labute approximate surface area is 167 Å². The topological polar surface area (TPSA) is 84.1 Å². The number of ether oxygens (including phenoxy) is 1. The number of nitrogens with one attached hydrogen (secondary N) is 2. The Kier molecular flexibility index (Phi) is 5.21. The smallest absolute Gasteiger partial charge is 0.224 e. The lowest BCUT2D eigenvalue weighted by Crippen LogP contribution is -2.20. The Bertz CT molecular complexity index is 1280. The maximum Gasteiger partial charge on any atom is 0.224 e. The van der Waals surface area contributed by atoms with Crippen LogP contribution < -0.4 is 10.1 Å². The van der Waals surface area contributed by atoms with Crippen molar-refractivity contribution < 1.29 is 17.5 Å². The van der Waals surface area contributed by atoms with Crippen molar-refractivity contribution >= 4 is 31.5 Å². The molecule has 0 radical (unpaired) electrons. The van der Waals surface area contributed by atoms with E-state index in [2.05, 4.69) is 15.5 Å². The number of hydrogen-bond acceptors (Lipinski definition) is 5. The van der Waals surface area contributed by atoms with Gasteiger partial charge in [0.1, 0.15) is 23.7 Å². The van der Waals surface area contributed by atoms with Gasteiger partial charge in [0, 0.05) is 23.4 Å². The summed E-state index contributed by atoms with van der Waals surface area (Å²) < 4.78 is 46.7. The molecule has 0 fully saturated rings. The molecule has 4 aromatic rings. The highest BCUT2D eigenvalue weighted by molar-refractivity contribution is 7.91. The number of hydrogen-bond donors (Lipinski definition) is 2. The molecule has 150 valence electrons. The lowest BCUT2D eigenvalue weighted by atomic mass is 10.1. The van der Waals surface area contributed by atoms with Gasteiger partial charge in [-0.3, -0.25) is 5.10 Å². The van der Waals surface area contributed by atoms with Crippen LogP contribution in [0.15, 0.2) is 64.5 Å². The number of benzene rings is 3. The van der Waals surface area contributed by atoms with E-state index < -0.39 is 15.7 Å². The second-order valence-electron chi connectivity index (χ2n) is 6.54. The zero-order valence-corrected chi connectivity index (χ0v) is 16.6. The molecule has 0 aliphatic heterocycles. The van der Waals surface area contributed by atoms with Crippen LogP contribution in [0.25, 0.3) is 21.7 Å². The minimum atomic E-state index is -3.96. The third kappa shape index (κ3) is 3.56. The first-order valence-corrected chi connectivity index (χ1v) is 10.7. The number of nitrogens with zero attached hydrogens (tertiary/aromatic N) is 1. The van der Waals surface area contributed by atoms with Crippen molar-refractivity contribution in [3.8, 4) is 5.75 Å². The van der Waals surface area contributed by atoms with Crippen LogP contribution in [0, 0.1) is 5.82 Å². The quantitative estimate of drug-likeness (QED) is 0.452. The molecule has 0 saturated carbocycles. The molecule has 29 heavy (non-hydrogen) atoms. The van der Waals surface area contributed by atoms with Crippen LogP contribution in [-0.4, -0.2) is 38.3 Å². The monoisotopic (exact) mass is 413 g/mol. The molecule has 3 aromatic carbocycles. The van der Waals surface area contributed by atoms with Crippen LogP contribution in [-0.2, 0) is 9.84 Å². The first-order valence-electron chi connectivity index (χ1n) is 9.26. The van der Waals surface area contributed by atoms with Gasteiger partial charge >= 0.3 is 0 Å². The van der Waals surface area contributed by atoms with Gasteiger partial charge < -0.3 is 10.1 Å². The zero-order chi connectivity index (χ0) is 20.4. The van der Waals surface area contributed by atoms with Crippen molar-refractivity contribution in [3.63, 3.8) is 0 Å². The lowest BCUT2D eigenvalue weighted by Gasteiger charge is -2.09. The van der Waals surface area contributed by atoms with E-state index in [4.69, 9.17) is 4.74 Å². The second kappa shape index (κ2) is 7.81. The van der Waals surface area contributed by atoms with Gasteiger partial charge in [-0.1, -0.05) is 43.3 Å². The molecule has 0 saturated heterocycles. The lowest BCUT2D eigenvalue weighted by molar-refractivity contribution is 0.317. The molecule has 0 amide bonds. The SMILES string of the molecule is CCNCCOc1cc(F)cc2c(S(=O)(=O)c3cccc4ccccc34)[nH]nc12. The van der Waals surface area contributed by atoms with Crippen LogP contribution >= 0.6 is 0 Å². The van der Waals surface area contributed by atoms with Gasteiger partial charge in [0.15, 0.2) is 5.03 Å². The average Bonchev–Trinajstić information content (AvgIpc) is 3.15. The Hall–Kier alpha value is -2.97. The van der Waals surface area contributed by atoms with Crippen molar-refractivity contribution in [2.24, 2.45) is 0 Å². The summed E-state index contributed by atoms with van der Waals surface area (Å²) in [5, 5.41) is 11.2. The van der Waals surface area contributed by atoms with Crippen molar-refractivity contribution in [1.82, 2.24) is 15.5 Å². The summed E-state index contributed by atoms with van der Waals surface area (Å²) in [6.45, 7) is 3.65. The van der Waals surface area contributed by atoms with E-state index in [-0.39, 0.29) is 26.6 Å². The Morgan fingerprint density at radius 3 is 2.72 bits per heavy atom. The number of aromatic amines is 1. The highest BCUT2D eigenvalue weighted by atomic mass is 32.2. The van der Waals surface area contributed by atoms with Gasteiger partial charge in [-0.2, -0.15) is 5.10 Å². The summed E-state index contributed by atoms with van der Waals surface area (Å²) in [5.41, 5.74) is 0.279. The van der Waals surface area contributed by atoms with Crippen LogP contribution in [0.5, 0.6) is 5.75 Å². The molecule has 8 heteroatoms. The molecule has 0 atom stereocenters. The van der Waals surface area contributed by atoms with Crippen LogP contribution in [0.1, 0.15) is 6.92 Å². The molecule has 1 heterocycles. The fraction of sp³-hybridized carbons (Fsp3) is 0.190. The Morgan fingerprint density at radius 1 is 1.10 bits per heavy atom. The van der Waals surface area contributed by atoms with E-state index in [0.29, 0.717) is 18.5 Å². The van der Waals surface area contributed by atoms with E-state index in [1.54, 1.807) is 18.2 Å². The number of fused-ring (bicyclic) bond motifs is 2. The predicted molar refractivity (Wildman–Crippen MR) is 109 cm³/mol. The highest BCUT2D eigenvalue weighted by Gasteiger charge is 2.26. The summed E-state index contributed by atoms with van der Waals surface area (Å²) in [6, 6.07) is 14.7. The summed E-state index contributed by atoms with van der Waals surface area (Å²) in [4.78, 5) is 0.139. The molecule has 0 spiro atoms. The van der Waals surface area contributed by atoms with E-state index in [0.717, 1.165) is 18.0 Å². The summed E-state index contributed by atoms with van der Waals surface area (Å²) in [6.07, 6.45) is 0. The van der Waals surface area contributed by atoms with Crippen molar-refractivity contribution in [2.75, 3.05) is 19.7 Å². The number of likely N-dealkylation sites (N-methyl/N-ethyl adjacent to an activating group) is 1. The average molecular weight is 413 g/mol. The van der Waals surface area contributed by atoms with Gasteiger partial charge in [0.2, 0.25) is 9.84 Å². The molecule has 1 aromatic heterocycles. The standard InChI is InChI=1S/C21H20FN3O3S/c1-2-23-10-11-28-18-13-15(22)12-17-20(18)24-25-21(17)29(26,27)19-9-5-7-14-6-3-4-8-16(14)19/h3-9,12-13,23H,2,10-11H2,1H3,(H,24,25). The maximum atomic E-state index is 14.2. The van der Waals surface area contributed by atoms with E-state index in [1.165, 1.54) is 12.1 Å². The van der Waals surface area contributed by atoms with E-state index in [9.17, 15) is 12.8 Å². The fourth-order valence-electron chi connectivity index (χ4n) is 3.29. The fourth-order valence-corrected chi connectivity index (χ4v) is 4.86. The predicted octanol–water partition coefficient (Wildman–Crippen LogP) is 3.68. The summed E-state index contributed by atoms with van der Waals surface area (Å²) in [5.74, 6) is -0.389. The normalized spacial score (nSPS) is 11.9. The van der Waals surface area contributed by atoms with Gasteiger partial charge in [-0.05, 0) is 24.1 Å². The molecular weight excluding hydrogens is 393 g/mol. The van der Waals surface area contributed by atoms with Gasteiger partial charge in [0.25, 0.3) is 0 Å². The van der Waals surface area contributed by atoms with Crippen LogP contribution in [0.3, 0.4) is 0 Å². The molecular formula is C21H20FN3O3S. The molecule has 0 unspecified atom stereocenters. The molecule has 0 aliphatic carbocycles. The van der Waals surface area contributed by atoms with Crippen molar-refractivity contribution in [3.05, 3.63) is 60.4 Å². The van der Waals surface area contributed by atoms with Gasteiger partial charge in [-0.15, -0.1) is 0 Å². The number of H-pyrrole nitrogens is 1. The van der Waals surface area contributed by atoms with E-state index in [1.807, 2.05) is 25.1 Å². The molecule has 2 N–H and O–H groups in total.